The molecule has 0 N–H and O–H groups in total. The van der Waals surface area contributed by atoms with Gasteiger partial charge in [0.2, 0.25) is 0 Å². The third kappa shape index (κ3) is 3.55. The van der Waals surface area contributed by atoms with Gasteiger partial charge in [0.15, 0.2) is 0 Å². The molecule has 0 saturated heterocycles. The molecule has 3 aromatic rings. The summed E-state index contributed by atoms with van der Waals surface area (Å²) in [6, 6.07) is 8.22. The molecular weight excluding hydrogens is 362 g/mol. The molecule has 26 heavy (non-hydrogen) atoms. The van der Waals surface area contributed by atoms with Gasteiger partial charge in [0, 0.05) is 24.4 Å². The lowest BCUT2D eigenvalue weighted by molar-refractivity contribution is -0.384. The lowest BCUT2D eigenvalue weighted by Crippen LogP contribution is -2.17. The van der Waals surface area contributed by atoms with Gasteiger partial charge in [-0.1, -0.05) is 17.7 Å². The van der Waals surface area contributed by atoms with E-state index < -0.39 is 10.9 Å². The molecule has 0 spiro atoms. The van der Waals surface area contributed by atoms with Crippen molar-refractivity contribution in [3.8, 4) is 0 Å². The number of nitro groups is 1. The van der Waals surface area contributed by atoms with Crippen molar-refractivity contribution < 1.29 is 14.5 Å². The lowest BCUT2D eigenvalue weighted by Gasteiger charge is -2.07. The first-order valence-corrected chi connectivity index (χ1v) is 7.83. The Morgan fingerprint density at radius 2 is 2.08 bits per heavy atom. The van der Waals surface area contributed by atoms with Crippen molar-refractivity contribution in [2.75, 3.05) is 0 Å². The van der Waals surface area contributed by atoms with Gasteiger partial charge in [0.05, 0.1) is 21.2 Å². The summed E-state index contributed by atoms with van der Waals surface area (Å²) in [6.45, 7) is 1.63. The fraction of sp³-hybridized carbons (Fsp3) is 0.118. The Hall–Kier alpha value is -3.26. The Morgan fingerprint density at radius 1 is 1.31 bits per heavy atom. The number of nitrogens with zero attached hydrogens (tertiary/aromatic N) is 3. The number of hydrogen-bond donors (Lipinski definition) is 0. The van der Waals surface area contributed by atoms with E-state index in [1.54, 1.807) is 12.3 Å². The van der Waals surface area contributed by atoms with Crippen molar-refractivity contribution in [2.24, 2.45) is 0 Å². The number of fused-ring (bicyclic) bond motifs is 1. The van der Waals surface area contributed by atoms with E-state index in [1.807, 2.05) is 13.0 Å². The van der Waals surface area contributed by atoms with Crippen LogP contribution in [0.25, 0.3) is 5.65 Å². The molecule has 0 radical (unpaired) electrons. The summed E-state index contributed by atoms with van der Waals surface area (Å²) in [7, 11) is 0. The average Bonchev–Trinajstić information content (AvgIpc) is 2.60. The van der Waals surface area contributed by atoms with E-state index in [0.29, 0.717) is 5.65 Å². The van der Waals surface area contributed by atoms with Crippen LogP contribution in [0.15, 0.2) is 47.4 Å². The molecule has 0 amide bonds. The minimum atomic E-state index is -0.768. The number of hydrogen-bond acceptors (Lipinski definition) is 6. The van der Waals surface area contributed by atoms with Gasteiger partial charge in [-0.2, -0.15) is 0 Å². The molecule has 0 unspecified atom stereocenters. The number of carbonyl (C=O) groups is 1. The second-order valence-corrected chi connectivity index (χ2v) is 5.92. The maximum absolute atomic E-state index is 12.1. The number of non-ortho nitro benzene ring substituents is 1. The summed E-state index contributed by atoms with van der Waals surface area (Å²) in [5.41, 5.74) is 1.09. The number of aromatic nitrogens is 2. The van der Waals surface area contributed by atoms with Gasteiger partial charge < -0.3 is 4.74 Å². The van der Waals surface area contributed by atoms with E-state index in [9.17, 15) is 19.7 Å². The molecule has 0 bridgehead atoms. The SMILES string of the molecule is Cc1ccc2nc(COC(=O)c3ccc([N+](=O)[O-])cc3Cl)cc(=O)n2c1. The van der Waals surface area contributed by atoms with Gasteiger partial charge in [-0.05, 0) is 24.6 Å². The summed E-state index contributed by atoms with van der Waals surface area (Å²) in [5.74, 6) is -0.768. The Labute approximate surface area is 151 Å². The normalized spacial score (nSPS) is 10.7. The third-order valence-corrected chi connectivity index (χ3v) is 3.91. The molecule has 0 aliphatic heterocycles. The Bertz CT molecular complexity index is 1090. The van der Waals surface area contributed by atoms with E-state index >= 15 is 0 Å². The number of pyridine rings is 1. The van der Waals surface area contributed by atoms with Gasteiger partial charge in [-0.15, -0.1) is 0 Å². The fourth-order valence-electron chi connectivity index (χ4n) is 2.33. The molecule has 2 aromatic heterocycles. The first-order chi connectivity index (χ1) is 12.3. The standard InChI is InChI=1S/C17H12ClN3O5/c1-10-2-5-15-19-11(6-16(22)20(15)8-10)9-26-17(23)13-4-3-12(21(24)25)7-14(13)18/h2-8H,9H2,1H3. The van der Waals surface area contributed by atoms with Gasteiger partial charge in [-0.3, -0.25) is 19.3 Å². The molecule has 132 valence electrons. The van der Waals surface area contributed by atoms with Crippen LogP contribution >= 0.6 is 11.6 Å². The number of ether oxygens (including phenoxy) is 1. The largest absolute Gasteiger partial charge is 0.456 e. The van der Waals surface area contributed by atoms with E-state index in [0.717, 1.165) is 17.7 Å². The molecule has 0 aliphatic rings. The van der Waals surface area contributed by atoms with Crippen LogP contribution in [-0.4, -0.2) is 20.3 Å². The highest BCUT2D eigenvalue weighted by molar-refractivity contribution is 6.33. The number of benzene rings is 1. The maximum atomic E-state index is 12.1. The van der Waals surface area contributed by atoms with Crippen molar-refractivity contribution >= 4 is 28.9 Å². The Balaban J connectivity index is 1.80. The van der Waals surface area contributed by atoms with Crippen LogP contribution in [0, 0.1) is 17.0 Å². The summed E-state index contributed by atoms with van der Waals surface area (Å²) in [5, 5.41) is 10.6. The van der Waals surface area contributed by atoms with Crippen molar-refractivity contribution in [3.63, 3.8) is 0 Å². The first kappa shape index (κ1) is 17.6. The van der Waals surface area contributed by atoms with E-state index in [1.165, 1.54) is 16.5 Å². The predicted octanol–water partition coefficient (Wildman–Crippen LogP) is 2.92. The highest BCUT2D eigenvalue weighted by atomic mass is 35.5. The molecule has 9 heteroatoms. The van der Waals surface area contributed by atoms with Crippen LogP contribution in [0.1, 0.15) is 21.6 Å². The minimum absolute atomic E-state index is 0.00889. The fourth-order valence-corrected chi connectivity index (χ4v) is 2.58. The summed E-state index contributed by atoms with van der Waals surface area (Å²) < 4.78 is 6.52. The van der Waals surface area contributed by atoms with Crippen LogP contribution in [0.3, 0.4) is 0 Å². The van der Waals surface area contributed by atoms with Crippen molar-refractivity contribution in [1.82, 2.24) is 9.38 Å². The molecule has 1 aromatic carbocycles. The van der Waals surface area contributed by atoms with Crippen molar-refractivity contribution in [2.45, 2.75) is 13.5 Å². The third-order valence-electron chi connectivity index (χ3n) is 3.60. The van der Waals surface area contributed by atoms with Crippen LogP contribution in [0.2, 0.25) is 5.02 Å². The highest BCUT2D eigenvalue weighted by Gasteiger charge is 2.16. The average molecular weight is 374 g/mol. The number of rotatable bonds is 4. The Morgan fingerprint density at radius 3 is 2.77 bits per heavy atom. The smallest absolute Gasteiger partial charge is 0.340 e. The van der Waals surface area contributed by atoms with Crippen LogP contribution in [-0.2, 0) is 11.3 Å². The zero-order valence-corrected chi connectivity index (χ0v) is 14.3. The van der Waals surface area contributed by atoms with Crippen molar-refractivity contribution in [3.05, 3.63) is 84.9 Å². The summed E-state index contributed by atoms with van der Waals surface area (Å²) in [4.78, 5) is 38.6. The summed E-state index contributed by atoms with van der Waals surface area (Å²) in [6.07, 6.45) is 1.66. The van der Waals surface area contributed by atoms with Gasteiger partial charge in [0.1, 0.15) is 12.3 Å². The highest BCUT2D eigenvalue weighted by Crippen LogP contribution is 2.23. The number of halogens is 1. The second kappa shape index (κ2) is 6.93. The summed E-state index contributed by atoms with van der Waals surface area (Å²) >= 11 is 5.89. The van der Waals surface area contributed by atoms with E-state index in [2.05, 4.69) is 4.98 Å². The number of carbonyl (C=O) groups excluding carboxylic acids is 1. The van der Waals surface area contributed by atoms with Crippen molar-refractivity contribution in [1.29, 1.82) is 0 Å². The van der Waals surface area contributed by atoms with E-state index in [-0.39, 0.29) is 34.1 Å². The maximum Gasteiger partial charge on any atom is 0.340 e. The van der Waals surface area contributed by atoms with Crippen LogP contribution in [0.4, 0.5) is 5.69 Å². The Kier molecular flexibility index (Phi) is 4.68. The predicted molar refractivity (Wildman–Crippen MR) is 93.4 cm³/mol. The minimum Gasteiger partial charge on any atom is -0.456 e. The molecule has 0 atom stereocenters. The zero-order chi connectivity index (χ0) is 18.8. The molecule has 8 nitrogen and oxygen atoms in total. The number of esters is 1. The number of nitro benzene ring substituents is 1. The molecule has 3 rings (SSSR count). The number of aryl methyl sites for hydroxylation is 1. The van der Waals surface area contributed by atoms with Gasteiger partial charge in [0.25, 0.3) is 11.2 Å². The molecule has 2 heterocycles. The van der Waals surface area contributed by atoms with Crippen LogP contribution in [0.5, 0.6) is 0 Å². The topological polar surface area (TPSA) is 104 Å². The molecule has 0 aliphatic carbocycles. The molecular formula is C17H12ClN3O5. The van der Waals surface area contributed by atoms with Crippen LogP contribution < -0.4 is 5.56 Å². The second-order valence-electron chi connectivity index (χ2n) is 5.52. The van der Waals surface area contributed by atoms with Gasteiger partial charge >= 0.3 is 5.97 Å². The quantitative estimate of drug-likeness (QED) is 0.395. The first-order valence-electron chi connectivity index (χ1n) is 7.45. The van der Waals surface area contributed by atoms with E-state index in [4.69, 9.17) is 16.3 Å². The monoisotopic (exact) mass is 373 g/mol. The molecule has 0 saturated carbocycles. The van der Waals surface area contributed by atoms with Gasteiger partial charge in [-0.25, -0.2) is 9.78 Å². The lowest BCUT2D eigenvalue weighted by atomic mass is 10.2. The molecule has 0 fully saturated rings. The zero-order valence-electron chi connectivity index (χ0n) is 13.5.